The van der Waals surface area contributed by atoms with E-state index in [4.69, 9.17) is 0 Å². The van der Waals surface area contributed by atoms with Crippen LogP contribution in [-0.4, -0.2) is 19.4 Å². The Bertz CT molecular complexity index is 736. The summed E-state index contributed by atoms with van der Waals surface area (Å²) in [7, 11) is -1.41. The first kappa shape index (κ1) is 19.8. The van der Waals surface area contributed by atoms with E-state index in [2.05, 4.69) is 103 Å². The molecule has 136 valence electrons. The van der Waals surface area contributed by atoms with Gasteiger partial charge in [-0.15, -0.1) is 0 Å². The van der Waals surface area contributed by atoms with Gasteiger partial charge in [-0.1, -0.05) is 96.1 Å². The topological polar surface area (TPSA) is 3.01 Å². The summed E-state index contributed by atoms with van der Waals surface area (Å²) in [5.41, 5.74) is 5.60. The molecule has 0 amide bonds. The molecule has 1 aromatic rings. The van der Waals surface area contributed by atoms with Crippen molar-refractivity contribution in [3.05, 3.63) is 64.0 Å². The summed E-state index contributed by atoms with van der Waals surface area (Å²) in [6.45, 7) is 25.2. The van der Waals surface area contributed by atoms with E-state index in [1.165, 1.54) is 33.5 Å². The Morgan fingerprint density at radius 2 is 1.72 bits per heavy atom. The van der Waals surface area contributed by atoms with Crippen molar-refractivity contribution in [3.63, 3.8) is 0 Å². The third-order valence-corrected chi connectivity index (χ3v) is 7.04. The van der Waals surface area contributed by atoms with Gasteiger partial charge in [0, 0.05) is 0 Å². The summed E-state index contributed by atoms with van der Waals surface area (Å²) in [4.78, 5) is 0. The van der Waals surface area contributed by atoms with Crippen LogP contribution in [0.1, 0.15) is 51.3 Å². The number of allylic oxidation sites excluding steroid dienone is 2. The molecule has 1 aliphatic rings. The first-order valence-electron chi connectivity index (χ1n) is 9.35. The average Bonchev–Trinajstić information content (AvgIpc) is 2.45. The molecule has 0 fully saturated rings. The maximum atomic E-state index is 4.34. The second kappa shape index (κ2) is 6.64. The van der Waals surface area contributed by atoms with Crippen molar-refractivity contribution >= 4 is 14.8 Å². The highest BCUT2D eigenvalue weighted by Crippen LogP contribution is 2.37. The van der Waals surface area contributed by atoms with Gasteiger partial charge in [0.25, 0.3) is 0 Å². The molecule has 0 bridgehead atoms. The molecule has 0 saturated carbocycles. The van der Waals surface area contributed by atoms with Gasteiger partial charge in [0.05, 0.1) is 14.8 Å². The summed E-state index contributed by atoms with van der Waals surface area (Å²) in [5, 5.41) is 1.52. The highest BCUT2D eigenvalue weighted by Gasteiger charge is 2.30. The molecular formula is C23H35NSi. The third kappa shape index (κ3) is 4.17. The molecule has 0 unspecified atom stereocenters. The van der Waals surface area contributed by atoms with Crippen LogP contribution >= 0.6 is 0 Å². The first-order valence-corrected chi connectivity index (χ1v) is 12.8. The maximum absolute atomic E-state index is 4.34. The summed E-state index contributed by atoms with van der Waals surface area (Å²) < 4.78 is 2.09. The molecule has 25 heavy (non-hydrogen) atoms. The molecule has 1 heterocycles. The Labute approximate surface area is 156 Å². The van der Waals surface area contributed by atoms with Crippen LogP contribution in [0, 0.1) is 18.9 Å². The van der Waals surface area contributed by atoms with E-state index in [-0.39, 0.29) is 5.41 Å². The predicted molar refractivity (Wildman–Crippen MR) is 114 cm³/mol. The highest BCUT2D eigenvalue weighted by molar-refractivity contribution is 6.84. The summed E-state index contributed by atoms with van der Waals surface area (Å²) in [6.07, 6.45) is 4.68. The van der Waals surface area contributed by atoms with E-state index >= 15 is 0 Å². The fourth-order valence-electron chi connectivity index (χ4n) is 3.31. The number of hydrogen-bond acceptors (Lipinski definition) is 0. The van der Waals surface area contributed by atoms with Crippen molar-refractivity contribution < 1.29 is 4.58 Å². The molecule has 0 N–H and O–H groups in total. The molecular weight excluding hydrogens is 318 g/mol. The van der Waals surface area contributed by atoms with Gasteiger partial charge in [0.1, 0.15) is 12.2 Å². The molecule has 1 aromatic carbocycles. The van der Waals surface area contributed by atoms with Crippen LogP contribution in [0.4, 0.5) is 0 Å². The SMILES string of the molecule is C=[N+]1C=C([Si](C)(C)C)C(C(C)C)=C[C-]1c1cc(C(C)(C)C)ccc1C. The lowest BCUT2D eigenvalue weighted by molar-refractivity contribution is -0.418. The number of nitrogens with zero attached hydrogens (tertiary/aromatic N) is 1. The smallest absolute Gasteiger partial charge is 0.147 e. The summed E-state index contributed by atoms with van der Waals surface area (Å²) in [5.74, 6) is 0.521. The minimum Gasteiger partial charge on any atom is -0.255 e. The zero-order valence-electron chi connectivity index (χ0n) is 17.6. The fourth-order valence-corrected chi connectivity index (χ4v) is 5.08. The minimum atomic E-state index is -1.41. The molecule has 0 spiro atoms. The quantitative estimate of drug-likeness (QED) is 0.343. The summed E-state index contributed by atoms with van der Waals surface area (Å²) in [6, 6.07) is 8.07. The van der Waals surface area contributed by atoms with Crippen LogP contribution in [0.5, 0.6) is 0 Å². The van der Waals surface area contributed by atoms with Gasteiger partial charge >= 0.3 is 0 Å². The molecule has 0 aliphatic carbocycles. The van der Waals surface area contributed by atoms with Gasteiger partial charge in [-0.3, -0.25) is 4.58 Å². The molecule has 1 aliphatic heterocycles. The zero-order valence-corrected chi connectivity index (χ0v) is 18.6. The van der Waals surface area contributed by atoms with Gasteiger partial charge in [-0.05, 0) is 28.2 Å². The number of benzene rings is 1. The number of rotatable bonds is 3. The lowest BCUT2D eigenvalue weighted by Crippen LogP contribution is -2.32. The first-order chi connectivity index (χ1) is 11.3. The Morgan fingerprint density at radius 3 is 2.20 bits per heavy atom. The van der Waals surface area contributed by atoms with Crippen molar-refractivity contribution in [2.75, 3.05) is 0 Å². The molecule has 0 aromatic heterocycles. The van der Waals surface area contributed by atoms with Crippen molar-refractivity contribution in [2.45, 2.75) is 66.6 Å². The molecule has 1 nitrogen and oxygen atoms in total. The van der Waals surface area contributed by atoms with E-state index in [9.17, 15) is 0 Å². The lowest BCUT2D eigenvalue weighted by atomic mass is 9.83. The van der Waals surface area contributed by atoms with Gasteiger partial charge in [-0.25, -0.2) is 0 Å². The van der Waals surface area contributed by atoms with E-state index in [1.54, 1.807) is 0 Å². The van der Waals surface area contributed by atoms with Crippen LogP contribution in [0.2, 0.25) is 19.6 Å². The average molecular weight is 354 g/mol. The largest absolute Gasteiger partial charge is 0.255 e. The summed E-state index contributed by atoms with van der Waals surface area (Å²) >= 11 is 0. The van der Waals surface area contributed by atoms with Crippen LogP contribution in [0.25, 0.3) is 0 Å². The van der Waals surface area contributed by atoms with Crippen molar-refractivity contribution in [2.24, 2.45) is 5.92 Å². The Morgan fingerprint density at radius 1 is 1.12 bits per heavy atom. The van der Waals surface area contributed by atoms with Crippen molar-refractivity contribution in [1.29, 1.82) is 0 Å². The van der Waals surface area contributed by atoms with Gasteiger partial charge < -0.3 is 0 Å². The number of aryl methyl sites for hydroxylation is 1. The fraction of sp³-hybridized carbons (Fsp3) is 0.478. The zero-order chi connectivity index (χ0) is 19.2. The van der Waals surface area contributed by atoms with E-state index in [0.29, 0.717) is 5.92 Å². The molecule has 0 atom stereocenters. The normalized spacial score (nSPS) is 16.2. The van der Waals surface area contributed by atoms with Crippen LogP contribution in [0.3, 0.4) is 0 Å². The standard InChI is InChI=1S/C23H35NSi/c1-16(2)19-14-21(24(7)15-22(19)25(8,9)10)20-13-18(23(4,5)6)12-11-17(20)3/h11-16H,7H2,1-6,8-10H3. The van der Waals surface area contributed by atoms with Crippen LogP contribution < -0.4 is 0 Å². The Kier molecular flexibility index (Phi) is 5.25. The lowest BCUT2D eigenvalue weighted by Gasteiger charge is -2.33. The molecule has 2 rings (SSSR count). The van der Waals surface area contributed by atoms with Crippen molar-refractivity contribution in [3.8, 4) is 0 Å². The number of hydrogen-bond donors (Lipinski definition) is 0. The Balaban J connectivity index is 2.58. The molecule has 0 radical (unpaired) electrons. The minimum absolute atomic E-state index is 0.146. The molecule has 2 heteroatoms. The van der Waals surface area contributed by atoms with Crippen molar-refractivity contribution in [1.82, 2.24) is 0 Å². The predicted octanol–water partition coefficient (Wildman–Crippen LogP) is 6.24. The van der Waals surface area contributed by atoms with Gasteiger partial charge in [-0.2, -0.15) is 0 Å². The van der Waals surface area contributed by atoms with Crippen LogP contribution in [0.15, 0.2) is 41.2 Å². The maximum Gasteiger partial charge on any atom is 0.147 e. The second-order valence-corrected chi connectivity index (χ2v) is 14.7. The van der Waals surface area contributed by atoms with E-state index in [0.717, 1.165) is 0 Å². The Hall–Kier alpha value is -1.54. The van der Waals surface area contributed by atoms with Crippen LogP contribution in [-0.2, 0) is 5.41 Å². The molecule has 0 saturated heterocycles. The van der Waals surface area contributed by atoms with E-state index < -0.39 is 8.07 Å². The van der Waals surface area contributed by atoms with E-state index in [1.807, 2.05) is 0 Å². The third-order valence-electron chi connectivity index (χ3n) is 5.01. The van der Waals surface area contributed by atoms with Gasteiger partial charge in [0.15, 0.2) is 0 Å². The van der Waals surface area contributed by atoms with Gasteiger partial charge in [0.2, 0.25) is 0 Å². The monoisotopic (exact) mass is 353 g/mol. The highest BCUT2D eigenvalue weighted by atomic mass is 28.3. The second-order valence-electron chi connectivity index (χ2n) is 9.68.